The van der Waals surface area contributed by atoms with Gasteiger partial charge in [0.2, 0.25) is 0 Å². The van der Waals surface area contributed by atoms with E-state index in [4.69, 9.17) is 16.7 Å². The molecule has 0 aliphatic carbocycles. The average Bonchev–Trinajstić information content (AvgIpc) is 3.00. The fraction of sp³-hybridized carbons (Fsp3) is 0.318. The van der Waals surface area contributed by atoms with E-state index < -0.39 is 0 Å². The smallest absolute Gasteiger partial charge is 0.129 e. The van der Waals surface area contributed by atoms with Gasteiger partial charge in [0.05, 0.1) is 22.8 Å². The average molecular weight is 399 g/mol. The van der Waals surface area contributed by atoms with E-state index in [1.807, 2.05) is 22.9 Å². The second-order valence-electron chi connectivity index (χ2n) is 7.23. The molecule has 1 aromatic heterocycles. The van der Waals surface area contributed by atoms with Crippen LogP contribution in [0.4, 0.5) is 10.1 Å². The van der Waals surface area contributed by atoms with Gasteiger partial charge >= 0.3 is 0 Å². The number of nitrogens with zero attached hydrogens (tertiary/aromatic N) is 4. The Morgan fingerprint density at radius 2 is 1.68 bits per heavy atom. The monoisotopic (exact) mass is 398 g/mol. The van der Waals surface area contributed by atoms with E-state index in [1.165, 1.54) is 11.8 Å². The summed E-state index contributed by atoms with van der Waals surface area (Å²) in [6.45, 7) is 8.21. The lowest BCUT2D eigenvalue weighted by molar-refractivity contribution is 0.246. The summed E-state index contributed by atoms with van der Waals surface area (Å²) in [6.07, 6.45) is 0. The van der Waals surface area contributed by atoms with Gasteiger partial charge in [0, 0.05) is 43.3 Å². The summed E-state index contributed by atoms with van der Waals surface area (Å²) >= 11 is 6.19. The molecule has 0 unspecified atom stereocenters. The zero-order chi connectivity index (χ0) is 19.7. The number of aromatic nitrogens is 2. The molecule has 4 nitrogen and oxygen atoms in total. The highest BCUT2D eigenvalue weighted by molar-refractivity contribution is 6.31. The molecule has 0 spiro atoms. The van der Waals surface area contributed by atoms with Crippen molar-refractivity contribution in [3.8, 4) is 5.69 Å². The Morgan fingerprint density at radius 1 is 0.964 bits per heavy atom. The van der Waals surface area contributed by atoms with Gasteiger partial charge in [-0.1, -0.05) is 35.9 Å². The minimum absolute atomic E-state index is 0.231. The number of hydrogen-bond donors (Lipinski definition) is 0. The van der Waals surface area contributed by atoms with E-state index in [9.17, 15) is 4.39 Å². The first-order chi connectivity index (χ1) is 13.5. The molecule has 146 valence electrons. The van der Waals surface area contributed by atoms with E-state index in [2.05, 4.69) is 35.8 Å². The predicted octanol–water partition coefficient (Wildman–Crippen LogP) is 4.60. The summed E-state index contributed by atoms with van der Waals surface area (Å²) in [7, 11) is 0. The van der Waals surface area contributed by atoms with Crippen molar-refractivity contribution < 1.29 is 4.39 Å². The van der Waals surface area contributed by atoms with Crippen molar-refractivity contribution in [2.75, 3.05) is 31.1 Å². The molecule has 6 heteroatoms. The lowest BCUT2D eigenvalue weighted by atomic mass is 10.1. The fourth-order valence-electron chi connectivity index (χ4n) is 3.95. The van der Waals surface area contributed by atoms with Crippen LogP contribution in [0.2, 0.25) is 5.02 Å². The molecule has 3 aromatic rings. The van der Waals surface area contributed by atoms with E-state index in [0.717, 1.165) is 43.3 Å². The first-order valence-electron chi connectivity index (χ1n) is 9.56. The maximum atomic E-state index is 14.1. The largest absolute Gasteiger partial charge is 0.366 e. The summed E-state index contributed by atoms with van der Waals surface area (Å²) in [5.74, 6) is -0.231. The van der Waals surface area contributed by atoms with Gasteiger partial charge in [-0.15, -0.1) is 0 Å². The van der Waals surface area contributed by atoms with Gasteiger partial charge in [-0.2, -0.15) is 5.10 Å². The van der Waals surface area contributed by atoms with Crippen molar-refractivity contribution in [2.45, 2.75) is 20.4 Å². The molecule has 0 atom stereocenters. The van der Waals surface area contributed by atoms with Crippen LogP contribution in [-0.2, 0) is 6.54 Å². The number of hydrogen-bond acceptors (Lipinski definition) is 3. The second-order valence-corrected chi connectivity index (χ2v) is 7.64. The van der Waals surface area contributed by atoms with Crippen LogP contribution < -0.4 is 4.90 Å². The van der Waals surface area contributed by atoms with Gasteiger partial charge in [-0.05, 0) is 38.1 Å². The summed E-state index contributed by atoms with van der Waals surface area (Å²) in [6, 6.07) is 15.1. The third-order valence-electron chi connectivity index (χ3n) is 5.39. The van der Waals surface area contributed by atoms with E-state index in [-0.39, 0.29) is 5.82 Å². The molecule has 1 fully saturated rings. The van der Waals surface area contributed by atoms with Crippen LogP contribution in [0.25, 0.3) is 5.69 Å². The molecule has 0 N–H and O–H groups in total. The van der Waals surface area contributed by atoms with Crippen molar-refractivity contribution in [3.05, 3.63) is 76.3 Å². The zero-order valence-corrected chi connectivity index (χ0v) is 17.0. The summed E-state index contributed by atoms with van der Waals surface area (Å²) in [5, 5.41) is 5.26. The van der Waals surface area contributed by atoms with Crippen LogP contribution in [0.3, 0.4) is 0 Å². The van der Waals surface area contributed by atoms with Crippen molar-refractivity contribution in [1.82, 2.24) is 14.7 Å². The molecule has 4 rings (SSSR count). The molecule has 1 saturated heterocycles. The maximum Gasteiger partial charge on any atom is 0.129 e. The summed E-state index contributed by atoms with van der Waals surface area (Å²) < 4.78 is 16.1. The fourth-order valence-corrected chi connectivity index (χ4v) is 4.17. The Labute approximate surface area is 170 Å². The SMILES string of the molecule is Cc1nn(-c2ccccc2)c(C)c1N1CCN(Cc2c(F)cccc2Cl)CC1. The van der Waals surface area contributed by atoms with Crippen LogP contribution >= 0.6 is 11.6 Å². The van der Waals surface area contributed by atoms with Crippen molar-refractivity contribution >= 4 is 17.3 Å². The first-order valence-corrected chi connectivity index (χ1v) is 9.94. The van der Waals surface area contributed by atoms with Gasteiger partial charge in [-0.25, -0.2) is 9.07 Å². The highest BCUT2D eigenvalue weighted by Crippen LogP contribution is 2.28. The standard InChI is InChI=1S/C22H24ClFN4/c1-16-22(17(2)28(25-16)18-7-4-3-5-8-18)27-13-11-26(12-14-27)15-19-20(23)9-6-10-21(19)24/h3-10H,11-15H2,1-2H3. The van der Waals surface area contributed by atoms with E-state index >= 15 is 0 Å². The molecular weight excluding hydrogens is 375 g/mol. The highest BCUT2D eigenvalue weighted by atomic mass is 35.5. The van der Waals surface area contributed by atoms with Crippen molar-refractivity contribution in [2.24, 2.45) is 0 Å². The Balaban J connectivity index is 1.48. The number of aryl methyl sites for hydroxylation is 1. The second kappa shape index (κ2) is 7.94. The number of benzene rings is 2. The molecule has 2 aromatic carbocycles. The molecule has 0 saturated carbocycles. The molecule has 0 amide bonds. The number of piperazine rings is 1. The zero-order valence-electron chi connectivity index (χ0n) is 16.2. The van der Waals surface area contributed by atoms with E-state index in [1.54, 1.807) is 12.1 Å². The number of para-hydroxylation sites is 1. The molecule has 1 aliphatic rings. The molecule has 1 aliphatic heterocycles. The molecule has 0 radical (unpaired) electrons. The minimum atomic E-state index is -0.231. The predicted molar refractivity (Wildman–Crippen MR) is 112 cm³/mol. The third-order valence-corrected chi connectivity index (χ3v) is 5.74. The summed E-state index contributed by atoms with van der Waals surface area (Å²) in [4.78, 5) is 4.64. The Morgan fingerprint density at radius 3 is 2.36 bits per heavy atom. The lowest BCUT2D eigenvalue weighted by Crippen LogP contribution is -2.46. The van der Waals surface area contributed by atoms with Crippen LogP contribution in [0, 0.1) is 19.7 Å². The number of anilines is 1. The quantitative estimate of drug-likeness (QED) is 0.641. The van der Waals surface area contributed by atoms with Gasteiger partial charge in [0.1, 0.15) is 5.82 Å². The Hall–Kier alpha value is -2.37. The number of rotatable bonds is 4. The van der Waals surface area contributed by atoms with Gasteiger partial charge in [0.15, 0.2) is 0 Å². The normalized spacial score (nSPS) is 15.2. The van der Waals surface area contributed by atoms with Crippen LogP contribution in [0.15, 0.2) is 48.5 Å². The topological polar surface area (TPSA) is 24.3 Å². The van der Waals surface area contributed by atoms with Gasteiger partial charge in [-0.3, -0.25) is 4.90 Å². The highest BCUT2D eigenvalue weighted by Gasteiger charge is 2.24. The molecular formula is C22H24ClFN4. The van der Waals surface area contributed by atoms with Crippen molar-refractivity contribution in [3.63, 3.8) is 0 Å². The van der Waals surface area contributed by atoms with Crippen LogP contribution in [-0.4, -0.2) is 40.9 Å². The lowest BCUT2D eigenvalue weighted by Gasteiger charge is -2.36. The van der Waals surface area contributed by atoms with E-state index in [0.29, 0.717) is 17.1 Å². The van der Waals surface area contributed by atoms with Crippen molar-refractivity contribution in [1.29, 1.82) is 0 Å². The van der Waals surface area contributed by atoms with Gasteiger partial charge < -0.3 is 4.90 Å². The van der Waals surface area contributed by atoms with Gasteiger partial charge in [0.25, 0.3) is 0 Å². The number of halogens is 2. The summed E-state index contributed by atoms with van der Waals surface area (Å²) in [5.41, 5.74) is 5.04. The van der Waals surface area contributed by atoms with Crippen LogP contribution in [0.5, 0.6) is 0 Å². The Bertz CT molecular complexity index is 942. The molecule has 28 heavy (non-hydrogen) atoms. The molecule has 0 bridgehead atoms. The first kappa shape index (κ1) is 19.0. The maximum absolute atomic E-state index is 14.1. The van der Waals surface area contributed by atoms with Crippen LogP contribution in [0.1, 0.15) is 17.0 Å². The molecule has 2 heterocycles. The minimum Gasteiger partial charge on any atom is -0.366 e. The third kappa shape index (κ3) is 3.64. The Kier molecular flexibility index (Phi) is 5.38.